The fourth-order valence-electron chi connectivity index (χ4n) is 3.11. The van der Waals surface area contributed by atoms with E-state index in [1.54, 1.807) is 6.92 Å². The Bertz CT molecular complexity index is 1090. The third-order valence-electron chi connectivity index (χ3n) is 5.20. The van der Waals surface area contributed by atoms with Crippen LogP contribution < -0.4 is 9.47 Å². The van der Waals surface area contributed by atoms with Gasteiger partial charge in [0.05, 0.1) is 24.3 Å². The summed E-state index contributed by atoms with van der Waals surface area (Å²) in [5.74, 6) is 0.364. The molecular formula is C28H28F6O5S. The summed E-state index contributed by atoms with van der Waals surface area (Å²) in [4.78, 5) is 10.8. The van der Waals surface area contributed by atoms with E-state index in [1.807, 2.05) is 6.08 Å². The fraction of sp³-hybridized carbons (Fsp3) is 0.321. The molecule has 0 atom stereocenters. The molecule has 2 rings (SSSR count). The molecule has 0 unspecified atom stereocenters. The highest BCUT2D eigenvalue weighted by molar-refractivity contribution is 7.99. The van der Waals surface area contributed by atoms with Crippen LogP contribution in [-0.4, -0.2) is 42.4 Å². The monoisotopic (exact) mass is 590 g/mol. The van der Waals surface area contributed by atoms with Crippen molar-refractivity contribution in [1.82, 2.24) is 0 Å². The molecule has 218 valence electrons. The molecule has 0 aliphatic heterocycles. The van der Waals surface area contributed by atoms with Gasteiger partial charge in [0.15, 0.2) is 6.61 Å². The number of allylic oxidation sites excluding steroid dienone is 3. The maximum Gasteiger partial charge on any atom is 0.416 e. The molecule has 0 saturated carbocycles. The number of benzene rings is 2. The van der Waals surface area contributed by atoms with Crippen molar-refractivity contribution in [2.45, 2.75) is 19.3 Å². The van der Waals surface area contributed by atoms with Crippen LogP contribution in [0.25, 0.3) is 0 Å². The number of hydrogen-bond donors (Lipinski definition) is 1. The second kappa shape index (κ2) is 15.3. The van der Waals surface area contributed by atoms with Gasteiger partial charge < -0.3 is 19.3 Å². The number of carbonyl (C=O) groups is 1. The molecule has 0 aliphatic rings. The first-order valence-corrected chi connectivity index (χ1v) is 13.0. The number of thioether (sulfide) groups is 1. The zero-order valence-corrected chi connectivity index (χ0v) is 22.2. The van der Waals surface area contributed by atoms with Crippen LogP contribution in [0.1, 0.15) is 18.1 Å². The van der Waals surface area contributed by atoms with Crippen LogP contribution in [-0.2, 0) is 21.9 Å². The van der Waals surface area contributed by atoms with Gasteiger partial charge in [-0.1, -0.05) is 18.7 Å². The third-order valence-corrected chi connectivity index (χ3v) is 6.31. The Morgan fingerprint density at radius 3 is 1.80 bits per heavy atom. The third kappa shape index (κ3) is 11.7. The Hall–Kier alpha value is -3.54. The lowest BCUT2D eigenvalue weighted by Gasteiger charge is -2.19. The van der Waals surface area contributed by atoms with Gasteiger partial charge in [-0.3, -0.25) is 0 Å². The Labute approximate surface area is 232 Å². The van der Waals surface area contributed by atoms with Crippen molar-refractivity contribution in [2.24, 2.45) is 5.92 Å². The summed E-state index contributed by atoms with van der Waals surface area (Å²) in [7, 11) is 0. The molecule has 0 aliphatic carbocycles. The highest BCUT2D eigenvalue weighted by Crippen LogP contribution is 2.31. The first kappa shape index (κ1) is 32.7. The lowest BCUT2D eigenvalue weighted by atomic mass is 10.2. The molecule has 0 radical (unpaired) electrons. The van der Waals surface area contributed by atoms with Crippen molar-refractivity contribution in [3.63, 3.8) is 0 Å². The standard InChI is InChI=1S/C28H28F6O5S/c1-3-4-25(39-17-26(35)36)19(2)13-14-40-18-20(15-37-23-9-5-21(6-10-23)27(29,30)31)16-38-24-11-7-22(8-12-24)28(32,33)34/h3-13,20H,1,14-18H2,2H3,(H,35,36)/b19-13-,25-4+. The van der Waals surface area contributed by atoms with Crippen LogP contribution in [0.15, 0.2) is 84.7 Å². The summed E-state index contributed by atoms with van der Waals surface area (Å²) >= 11 is 1.47. The predicted molar refractivity (Wildman–Crippen MR) is 140 cm³/mol. The number of carboxylic acid groups (broad SMARTS) is 1. The molecule has 12 heteroatoms. The van der Waals surface area contributed by atoms with E-state index in [-0.39, 0.29) is 30.6 Å². The average Bonchev–Trinajstić information content (AvgIpc) is 2.89. The number of ether oxygens (including phenoxy) is 3. The lowest BCUT2D eigenvalue weighted by Crippen LogP contribution is -2.22. The molecule has 1 N–H and O–H groups in total. The molecule has 0 aromatic heterocycles. The van der Waals surface area contributed by atoms with E-state index >= 15 is 0 Å². The SMILES string of the molecule is C=C/C=C(OCC(=O)O)\C(C)=C/CSCC(COc1ccc(C(F)(F)F)cc1)COc1ccc(C(F)(F)F)cc1. The average molecular weight is 591 g/mol. The van der Waals surface area contributed by atoms with Gasteiger partial charge in [-0.2, -0.15) is 38.1 Å². The van der Waals surface area contributed by atoms with Crippen LogP contribution in [0.3, 0.4) is 0 Å². The van der Waals surface area contributed by atoms with E-state index < -0.39 is 36.1 Å². The summed E-state index contributed by atoms with van der Waals surface area (Å²) in [6.07, 6.45) is -4.12. The minimum absolute atomic E-state index is 0.0744. The molecular weight excluding hydrogens is 562 g/mol. The number of rotatable bonds is 15. The second-order valence-electron chi connectivity index (χ2n) is 8.41. The van der Waals surface area contributed by atoms with Crippen LogP contribution in [0, 0.1) is 5.92 Å². The van der Waals surface area contributed by atoms with Crippen molar-refractivity contribution in [3.8, 4) is 11.5 Å². The normalized spacial score (nSPS) is 12.8. The van der Waals surface area contributed by atoms with Gasteiger partial charge in [0.1, 0.15) is 17.3 Å². The van der Waals surface area contributed by atoms with Gasteiger partial charge in [0.25, 0.3) is 0 Å². The van der Waals surface area contributed by atoms with Crippen molar-refractivity contribution in [1.29, 1.82) is 0 Å². The second-order valence-corrected chi connectivity index (χ2v) is 9.48. The van der Waals surface area contributed by atoms with E-state index in [0.29, 0.717) is 22.8 Å². The first-order valence-electron chi connectivity index (χ1n) is 11.8. The summed E-state index contributed by atoms with van der Waals surface area (Å²) in [6, 6.07) is 8.47. The quantitative estimate of drug-likeness (QED) is 0.0995. The molecule has 0 spiro atoms. The van der Waals surface area contributed by atoms with Crippen LogP contribution in [0.2, 0.25) is 0 Å². The topological polar surface area (TPSA) is 65.0 Å². The molecule has 2 aromatic carbocycles. The highest BCUT2D eigenvalue weighted by atomic mass is 32.2. The fourth-order valence-corrected chi connectivity index (χ4v) is 4.14. The largest absolute Gasteiger partial charge is 0.493 e. The van der Waals surface area contributed by atoms with E-state index in [2.05, 4.69) is 6.58 Å². The smallest absolute Gasteiger partial charge is 0.416 e. The highest BCUT2D eigenvalue weighted by Gasteiger charge is 2.31. The molecule has 0 saturated heterocycles. The van der Waals surface area contributed by atoms with Gasteiger partial charge >= 0.3 is 18.3 Å². The van der Waals surface area contributed by atoms with E-state index in [0.717, 1.165) is 24.3 Å². The van der Waals surface area contributed by atoms with Gasteiger partial charge in [-0.25, -0.2) is 4.79 Å². The zero-order valence-electron chi connectivity index (χ0n) is 21.4. The maximum absolute atomic E-state index is 12.8. The molecule has 5 nitrogen and oxygen atoms in total. The molecule has 0 bridgehead atoms. The molecule has 40 heavy (non-hydrogen) atoms. The van der Waals surface area contributed by atoms with Crippen LogP contribution in [0.5, 0.6) is 11.5 Å². The van der Waals surface area contributed by atoms with E-state index in [1.165, 1.54) is 48.2 Å². The molecule has 0 heterocycles. The Balaban J connectivity index is 2.03. The Kier molecular flexibility index (Phi) is 12.5. The minimum atomic E-state index is -4.47. The number of halogens is 6. The number of carboxylic acids is 1. The van der Waals surface area contributed by atoms with Crippen molar-refractivity contribution in [2.75, 3.05) is 31.3 Å². The Morgan fingerprint density at radius 1 is 0.925 bits per heavy atom. The molecule has 0 fully saturated rings. The van der Waals surface area contributed by atoms with Crippen LogP contribution >= 0.6 is 11.8 Å². The summed E-state index contributed by atoms with van der Waals surface area (Å²) in [6.45, 7) is 4.96. The number of aliphatic carboxylic acids is 1. The van der Waals surface area contributed by atoms with Gasteiger partial charge in [0, 0.05) is 17.4 Å². The van der Waals surface area contributed by atoms with Crippen molar-refractivity contribution < 1.29 is 50.5 Å². The Morgan fingerprint density at radius 2 is 1.40 bits per heavy atom. The first-order chi connectivity index (χ1) is 18.8. The van der Waals surface area contributed by atoms with Gasteiger partial charge in [0.2, 0.25) is 0 Å². The van der Waals surface area contributed by atoms with Crippen molar-refractivity contribution >= 4 is 17.7 Å². The number of hydrogen-bond acceptors (Lipinski definition) is 5. The summed E-state index contributed by atoms with van der Waals surface area (Å²) in [5, 5.41) is 8.83. The molecule has 0 amide bonds. The van der Waals surface area contributed by atoms with E-state index in [4.69, 9.17) is 19.3 Å². The molecule has 2 aromatic rings. The van der Waals surface area contributed by atoms with E-state index in [9.17, 15) is 31.1 Å². The predicted octanol–water partition coefficient (Wildman–Crippen LogP) is 7.65. The summed E-state index contributed by atoms with van der Waals surface area (Å²) in [5.41, 5.74) is -0.930. The zero-order chi connectivity index (χ0) is 29.8. The lowest BCUT2D eigenvalue weighted by molar-refractivity contribution is -0.141. The van der Waals surface area contributed by atoms with Gasteiger partial charge in [-0.05, 0) is 67.1 Å². The number of alkyl halides is 6. The minimum Gasteiger partial charge on any atom is -0.493 e. The maximum atomic E-state index is 12.8. The summed E-state index contributed by atoms with van der Waals surface area (Å²) < 4.78 is 93.5. The van der Waals surface area contributed by atoms with Crippen molar-refractivity contribution in [3.05, 3.63) is 95.8 Å². The van der Waals surface area contributed by atoms with Gasteiger partial charge in [-0.15, -0.1) is 0 Å². The van der Waals surface area contributed by atoms with Crippen LogP contribution in [0.4, 0.5) is 26.3 Å².